The summed E-state index contributed by atoms with van der Waals surface area (Å²) in [6.07, 6.45) is -1.49. The van der Waals surface area contributed by atoms with E-state index in [2.05, 4.69) is 10.5 Å². The van der Waals surface area contributed by atoms with Crippen molar-refractivity contribution in [1.82, 2.24) is 0 Å². The van der Waals surface area contributed by atoms with Gasteiger partial charge in [-0.1, -0.05) is 13.8 Å². The molecule has 4 nitrogen and oxygen atoms in total. The van der Waals surface area contributed by atoms with Gasteiger partial charge < -0.3 is 15.6 Å². The van der Waals surface area contributed by atoms with Gasteiger partial charge in [-0.3, -0.25) is 0 Å². The van der Waals surface area contributed by atoms with E-state index in [9.17, 15) is 4.79 Å². The maximum absolute atomic E-state index is 9.79. The molecule has 0 rings (SSSR count). The van der Waals surface area contributed by atoms with Gasteiger partial charge in [0.15, 0.2) is 0 Å². The molecule has 0 aliphatic carbocycles. The molecule has 0 aromatic rings. The summed E-state index contributed by atoms with van der Waals surface area (Å²) in [6, 6.07) is 0. The van der Waals surface area contributed by atoms with Crippen molar-refractivity contribution in [2.45, 2.75) is 26.9 Å². The Labute approximate surface area is 61.0 Å². The van der Waals surface area contributed by atoms with Gasteiger partial charge in [0.1, 0.15) is 6.61 Å². The predicted octanol–water partition coefficient (Wildman–Crippen LogP) is 0.489. The number of carbonyl (C=O) groups excluding carboxylic acids is 1. The van der Waals surface area contributed by atoms with Gasteiger partial charge in [-0.25, -0.2) is 4.79 Å². The number of nitrogens with two attached hydrogens (primary N) is 1. The third-order valence-electron chi connectivity index (χ3n) is 0.467. The van der Waals surface area contributed by atoms with E-state index in [1.54, 1.807) is 0 Å². The quantitative estimate of drug-likeness (QED) is 0.600. The fourth-order valence-electron chi connectivity index (χ4n) is 0.203. The molecule has 1 unspecified atom stereocenters. The lowest BCUT2D eigenvalue weighted by Crippen LogP contribution is -2.19. The van der Waals surface area contributed by atoms with Crippen LogP contribution in [-0.4, -0.2) is 23.9 Å². The van der Waals surface area contributed by atoms with Gasteiger partial charge in [0.2, 0.25) is 0 Å². The van der Waals surface area contributed by atoms with E-state index in [1.165, 1.54) is 6.92 Å². The highest BCUT2D eigenvalue weighted by Crippen LogP contribution is 1.80. The van der Waals surface area contributed by atoms with E-state index in [-0.39, 0.29) is 6.61 Å². The summed E-state index contributed by atoms with van der Waals surface area (Å²) < 4.78 is 4.19. The Hall–Kier alpha value is -0.770. The third-order valence-corrected chi connectivity index (χ3v) is 0.467. The number of carbonyl (C=O) groups is 1. The van der Waals surface area contributed by atoms with Crippen molar-refractivity contribution in [1.29, 1.82) is 0 Å². The number of primary amides is 1. The van der Waals surface area contributed by atoms with E-state index in [1.807, 2.05) is 13.8 Å². The smallest absolute Gasteiger partial charge is 0.404 e. The van der Waals surface area contributed by atoms with Crippen molar-refractivity contribution < 1.29 is 14.6 Å². The summed E-state index contributed by atoms with van der Waals surface area (Å²) in [5, 5.41) is 8.47. The molecule has 0 fully saturated rings. The highest BCUT2D eigenvalue weighted by molar-refractivity contribution is 5.64. The number of aliphatic hydroxyl groups is 1. The monoisotopic (exact) mass is 149 g/mol. The van der Waals surface area contributed by atoms with Gasteiger partial charge in [0, 0.05) is 0 Å². The predicted molar refractivity (Wildman–Crippen MR) is 38.6 cm³/mol. The fourth-order valence-corrected chi connectivity index (χ4v) is 0.203. The minimum Gasteiger partial charge on any atom is -0.447 e. The van der Waals surface area contributed by atoms with Gasteiger partial charge in [0.05, 0.1) is 6.10 Å². The van der Waals surface area contributed by atoms with Gasteiger partial charge in [-0.05, 0) is 6.92 Å². The largest absolute Gasteiger partial charge is 0.447 e. The summed E-state index contributed by atoms with van der Waals surface area (Å²) in [5.41, 5.74) is 4.57. The van der Waals surface area contributed by atoms with Gasteiger partial charge in [0.25, 0.3) is 0 Å². The zero-order valence-electron chi connectivity index (χ0n) is 6.63. The Morgan fingerprint density at radius 1 is 1.70 bits per heavy atom. The highest BCUT2D eigenvalue weighted by Gasteiger charge is 1.96. The summed E-state index contributed by atoms with van der Waals surface area (Å²) in [7, 11) is 0. The van der Waals surface area contributed by atoms with E-state index in [0.29, 0.717) is 0 Å². The molecular weight excluding hydrogens is 134 g/mol. The topological polar surface area (TPSA) is 72.6 Å². The molecule has 1 amide bonds. The molecule has 0 spiro atoms. The second kappa shape index (κ2) is 8.23. The highest BCUT2D eigenvalue weighted by atomic mass is 16.6. The second-order valence-electron chi connectivity index (χ2n) is 1.48. The molecule has 62 valence electrons. The zero-order chi connectivity index (χ0) is 8.57. The molecule has 0 saturated carbocycles. The Balaban J connectivity index is 0. The van der Waals surface area contributed by atoms with Crippen molar-refractivity contribution in [3.05, 3.63) is 0 Å². The number of hydrogen-bond donors (Lipinski definition) is 2. The standard InChI is InChI=1S/C4H9NO3.C2H6/c1-3(6)2-8-4(5)7;1-2/h3,6H,2H2,1H3,(H2,5,7);1-2H3. The summed E-state index contributed by atoms with van der Waals surface area (Å²) in [6.45, 7) is 5.47. The zero-order valence-corrected chi connectivity index (χ0v) is 6.63. The van der Waals surface area contributed by atoms with E-state index >= 15 is 0 Å². The average Bonchev–Trinajstić information content (AvgIpc) is 1.89. The van der Waals surface area contributed by atoms with E-state index in [4.69, 9.17) is 5.11 Å². The van der Waals surface area contributed by atoms with Crippen molar-refractivity contribution >= 4 is 6.09 Å². The van der Waals surface area contributed by atoms with Crippen molar-refractivity contribution in [3.8, 4) is 0 Å². The van der Waals surface area contributed by atoms with Crippen LogP contribution in [0.1, 0.15) is 20.8 Å². The number of amides is 1. The average molecular weight is 149 g/mol. The molecular formula is C6H15NO3. The molecule has 0 bridgehead atoms. The molecule has 1 atom stereocenters. The first-order chi connectivity index (χ1) is 4.63. The molecule has 10 heavy (non-hydrogen) atoms. The van der Waals surface area contributed by atoms with Crippen LogP contribution in [0.5, 0.6) is 0 Å². The van der Waals surface area contributed by atoms with Crippen LogP contribution in [0, 0.1) is 0 Å². The molecule has 0 radical (unpaired) electrons. The van der Waals surface area contributed by atoms with Crippen LogP contribution in [0.25, 0.3) is 0 Å². The first-order valence-corrected chi connectivity index (χ1v) is 3.23. The van der Waals surface area contributed by atoms with Crippen LogP contribution < -0.4 is 5.73 Å². The van der Waals surface area contributed by atoms with Crippen molar-refractivity contribution in [2.75, 3.05) is 6.61 Å². The van der Waals surface area contributed by atoms with Gasteiger partial charge >= 0.3 is 6.09 Å². The SMILES string of the molecule is CC.CC(O)COC(N)=O. The van der Waals surface area contributed by atoms with Crippen LogP contribution in [0.15, 0.2) is 0 Å². The number of aliphatic hydroxyl groups excluding tert-OH is 1. The molecule has 0 aliphatic heterocycles. The Kier molecular flexibility index (Phi) is 9.84. The van der Waals surface area contributed by atoms with E-state index < -0.39 is 12.2 Å². The normalized spacial score (nSPS) is 10.8. The molecule has 0 aliphatic rings. The number of hydrogen-bond acceptors (Lipinski definition) is 3. The Bertz CT molecular complexity index is 83.1. The fraction of sp³-hybridized carbons (Fsp3) is 0.833. The lowest BCUT2D eigenvalue weighted by Gasteiger charge is -2.01. The number of rotatable bonds is 2. The molecule has 0 heterocycles. The van der Waals surface area contributed by atoms with Gasteiger partial charge in [-0.15, -0.1) is 0 Å². The van der Waals surface area contributed by atoms with Crippen LogP contribution in [0.3, 0.4) is 0 Å². The maximum atomic E-state index is 9.79. The van der Waals surface area contributed by atoms with Gasteiger partial charge in [-0.2, -0.15) is 0 Å². The third kappa shape index (κ3) is 15.7. The number of ether oxygens (including phenoxy) is 1. The molecule has 0 saturated heterocycles. The van der Waals surface area contributed by atoms with Crippen LogP contribution in [0.4, 0.5) is 4.79 Å². The molecule has 3 N–H and O–H groups in total. The van der Waals surface area contributed by atoms with Crippen molar-refractivity contribution in [2.24, 2.45) is 5.73 Å². The van der Waals surface area contributed by atoms with Crippen LogP contribution in [0.2, 0.25) is 0 Å². The molecule has 0 aromatic carbocycles. The summed E-state index contributed by atoms with van der Waals surface area (Å²) in [4.78, 5) is 9.79. The first kappa shape index (κ1) is 12.0. The molecule has 4 heteroatoms. The summed E-state index contributed by atoms with van der Waals surface area (Å²) >= 11 is 0. The second-order valence-corrected chi connectivity index (χ2v) is 1.48. The lowest BCUT2D eigenvalue weighted by atomic mass is 10.5. The lowest BCUT2D eigenvalue weighted by molar-refractivity contribution is 0.0833. The maximum Gasteiger partial charge on any atom is 0.404 e. The minimum absolute atomic E-state index is 0.0324. The molecule has 0 aromatic heterocycles. The van der Waals surface area contributed by atoms with Crippen molar-refractivity contribution in [3.63, 3.8) is 0 Å². The van der Waals surface area contributed by atoms with Crippen LogP contribution >= 0.6 is 0 Å². The van der Waals surface area contributed by atoms with Crippen LogP contribution in [-0.2, 0) is 4.74 Å². The van der Waals surface area contributed by atoms with E-state index in [0.717, 1.165) is 0 Å². The summed E-state index contributed by atoms with van der Waals surface area (Å²) in [5.74, 6) is 0. The Morgan fingerprint density at radius 2 is 2.10 bits per heavy atom. The first-order valence-electron chi connectivity index (χ1n) is 3.23. The minimum atomic E-state index is -0.856. The Morgan fingerprint density at radius 3 is 2.20 bits per heavy atom.